The summed E-state index contributed by atoms with van der Waals surface area (Å²) in [6.07, 6.45) is -6.03. The fourth-order valence-corrected chi connectivity index (χ4v) is 1.29. The molecular formula is C9H9F3N2O3. The highest BCUT2D eigenvalue weighted by Crippen LogP contribution is 2.34. The smallest absolute Gasteiger partial charge is 0.387 e. The van der Waals surface area contributed by atoms with Crippen molar-refractivity contribution in [3.05, 3.63) is 39.4 Å². The Morgan fingerprint density at radius 2 is 2.06 bits per heavy atom. The van der Waals surface area contributed by atoms with Crippen molar-refractivity contribution in [2.45, 2.75) is 12.3 Å². The number of hydrogen-bond donors (Lipinski definition) is 2. The first-order valence-corrected chi connectivity index (χ1v) is 4.51. The fraction of sp³-hybridized carbons (Fsp3) is 0.333. The highest BCUT2D eigenvalue weighted by atomic mass is 19.4. The van der Waals surface area contributed by atoms with Gasteiger partial charge < -0.3 is 10.8 Å². The van der Waals surface area contributed by atoms with E-state index in [-0.39, 0.29) is 12.1 Å². The van der Waals surface area contributed by atoms with Crippen molar-refractivity contribution in [3.63, 3.8) is 0 Å². The topological polar surface area (TPSA) is 89.4 Å². The number of hydrogen-bond acceptors (Lipinski definition) is 4. The van der Waals surface area contributed by atoms with Crippen molar-refractivity contribution < 1.29 is 23.2 Å². The highest BCUT2D eigenvalue weighted by Gasteiger charge is 2.33. The van der Waals surface area contributed by atoms with E-state index >= 15 is 0 Å². The Labute approximate surface area is 93.8 Å². The van der Waals surface area contributed by atoms with Gasteiger partial charge >= 0.3 is 6.18 Å². The van der Waals surface area contributed by atoms with Gasteiger partial charge in [-0.05, 0) is 12.1 Å². The second kappa shape index (κ2) is 4.68. The number of nitro benzene ring substituents is 1. The number of aliphatic hydroxyl groups is 1. The van der Waals surface area contributed by atoms with Gasteiger partial charge in [-0.1, -0.05) is 0 Å². The Morgan fingerprint density at radius 1 is 1.47 bits per heavy atom. The summed E-state index contributed by atoms with van der Waals surface area (Å²) < 4.78 is 37.0. The summed E-state index contributed by atoms with van der Waals surface area (Å²) in [6.45, 7) is -0.313. The van der Waals surface area contributed by atoms with E-state index in [9.17, 15) is 28.4 Å². The Bertz CT molecular complexity index is 434. The third-order valence-corrected chi connectivity index (χ3v) is 2.14. The quantitative estimate of drug-likeness (QED) is 0.629. The lowest BCUT2D eigenvalue weighted by molar-refractivity contribution is -0.386. The average molecular weight is 250 g/mol. The Morgan fingerprint density at radius 3 is 2.47 bits per heavy atom. The first-order chi connectivity index (χ1) is 7.77. The predicted molar refractivity (Wildman–Crippen MR) is 52.1 cm³/mol. The van der Waals surface area contributed by atoms with E-state index < -0.39 is 28.5 Å². The molecule has 0 aromatic heterocycles. The first kappa shape index (κ1) is 13.4. The summed E-state index contributed by atoms with van der Waals surface area (Å²) in [6, 6.07) is 1.91. The number of rotatable bonds is 3. The van der Waals surface area contributed by atoms with Crippen LogP contribution in [-0.2, 0) is 6.18 Å². The van der Waals surface area contributed by atoms with Crippen LogP contribution in [0, 0.1) is 10.1 Å². The summed E-state index contributed by atoms with van der Waals surface area (Å²) in [4.78, 5) is 9.62. The maximum Gasteiger partial charge on any atom is 0.416 e. The third-order valence-electron chi connectivity index (χ3n) is 2.14. The zero-order valence-electron chi connectivity index (χ0n) is 8.44. The van der Waals surface area contributed by atoms with Crippen molar-refractivity contribution in [1.82, 2.24) is 0 Å². The van der Waals surface area contributed by atoms with Gasteiger partial charge in [-0.2, -0.15) is 13.2 Å². The monoisotopic (exact) mass is 250 g/mol. The molecule has 0 saturated heterocycles. The van der Waals surface area contributed by atoms with Gasteiger partial charge in [-0.25, -0.2) is 0 Å². The highest BCUT2D eigenvalue weighted by molar-refractivity contribution is 5.45. The first-order valence-electron chi connectivity index (χ1n) is 4.51. The maximum absolute atomic E-state index is 12.3. The molecule has 0 bridgehead atoms. The molecule has 3 N–H and O–H groups in total. The van der Waals surface area contributed by atoms with Crippen LogP contribution in [0.2, 0.25) is 0 Å². The van der Waals surface area contributed by atoms with E-state index in [0.29, 0.717) is 12.1 Å². The van der Waals surface area contributed by atoms with Gasteiger partial charge in [0.2, 0.25) is 0 Å². The Hall–Kier alpha value is -1.67. The van der Waals surface area contributed by atoms with Crippen LogP contribution in [0.1, 0.15) is 17.2 Å². The van der Waals surface area contributed by atoms with Gasteiger partial charge in [0.05, 0.1) is 22.2 Å². The maximum atomic E-state index is 12.3. The molecule has 1 aromatic carbocycles. The van der Waals surface area contributed by atoms with E-state index in [1.54, 1.807) is 0 Å². The molecule has 0 spiro atoms. The van der Waals surface area contributed by atoms with Crippen molar-refractivity contribution in [2.75, 3.05) is 6.54 Å². The van der Waals surface area contributed by atoms with E-state index in [0.717, 1.165) is 6.07 Å². The molecule has 1 aromatic rings. The Kier molecular flexibility index (Phi) is 3.69. The lowest BCUT2D eigenvalue weighted by Crippen LogP contribution is -2.14. The minimum absolute atomic E-state index is 0.231. The molecule has 0 fully saturated rings. The molecule has 0 saturated carbocycles. The molecule has 0 aliphatic rings. The van der Waals surface area contributed by atoms with E-state index in [2.05, 4.69) is 0 Å². The number of nitro groups is 1. The van der Waals surface area contributed by atoms with Gasteiger partial charge in [0.15, 0.2) is 0 Å². The minimum Gasteiger partial charge on any atom is -0.387 e. The van der Waals surface area contributed by atoms with Gasteiger partial charge in [0.25, 0.3) is 5.69 Å². The van der Waals surface area contributed by atoms with Crippen molar-refractivity contribution in [1.29, 1.82) is 0 Å². The number of alkyl halides is 3. The van der Waals surface area contributed by atoms with Crippen molar-refractivity contribution in [3.8, 4) is 0 Å². The van der Waals surface area contributed by atoms with Gasteiger partial charge in [0, 0.05) is 12.6 Å². The number of nitrogens with zero attached hydrogens (tertiary/aromatic N) is 1. The van der Waals surface area contributed by atoms with E-state index in [4.69, 9.17) is 5.73 Å². The molecule has 0 heterocycles. The molecule has 0 amide bonds. The zero-order chi connectivity index (χ0) is 13.2. The Balaban J connectivity index is 3.32. The lowest BCUT2D eigenvalue weighted by atomic mass is 10.0. The molecule has 5 nitrogen and oxygen atoms in total. The normalized spacial score (nSPS) is 13.5. The average Bonchev–Trinajstić information content (AvgIpc) is 2.25. The summed E-state index contributed by atoms with van der Waals surface area (Å²) in [5, 5.41) is 19.9. The number of benzene rings is 1. The molecule has 0 aliphatic heterocycles. The van der Waals surface area contributed by atoms with E-state index in [1.807, 2.05) is 0 Å². The fourth-order valence-electron chi connectivity index (χ4n) is 1.29. The van der Waals surface area contributed by atoms with Gasteiger partial charge in [-0.3, -0.25) is 10.1 Å². The van der Waals surface area contributed by atoms with Crippen molar-refractivity contribution in [2.24, 2.45) is 5.73 Å². The van der Waals surface area contributed by atoms with Crippen LogP contribution >= 0.6 is 0 Å². The second-order valence-corrected chi connectivity index (χ2v) is 3.28. The largest absolute Gasteiger partial charge is 0.416 e. The van der Waals surface area contributed by atoms with Crippen LogP contribution in [0.25, 0.3) is 0 Å². The van der Waals surface area contributed by atoms with Crippen LogP contribution in [0.15, 0.2) is 18.2 Å². The van der Waals surface area contributed by atoms with Crippen molar-refractivity contribution >= 4 is 5.69 Å². The van der Waals surface area contributed by atoms with Crippen LogP contribution in [0.4, 0.5) is 18.9 Å². The number of halogens is 3. The molecule has 1 atom stereocenters. The van der Waals surface area contributed by atoms with Crippen LogP contribution in [0.3, 0.4) is 0 Å². The zero-order valence-corrected chi connectivity index (χ0v) is 8.44. The molecular weight excluding hydrogens is 241 g/mol. The standard InChI is InChI=1S/C9H9F3N2O3/c10-9(11,12)5-1-2-6(8(15)4-13)7(3-5)14(16)17/h1-3,8,15H,4,13H2/t8-/m0/s1. The molecule has 1 rings (SSSR count). The van der Waals surface area contributed by atoms with E-state index in [1.165, 1.54) is 0 Å². The molecule has 0 unspecified atom stereocenters. The lowest BCUT2D eigenvalue weighted by Gasteiger charge is -2.11. The number of aliphatic hydroxyl groups excluding tert-OH is 1. The van der Waals surface area contributed by atoms with Gasteiger partial charge in [0.1, 0.15) is 0 Å². The summed E-state index contributed by atoms with van der Waals surface area (Å²) in [5.41, 5.74) is 2.94. The predicted octanol–water partition coefficient (Wildman–Crippen LogP) is 1.61. The molecule has 0 aliphatic carbocycles. The third kappa shape index (κ3) is 2.92. The van der Waals surface area contributed by atoms with Crippen LogP contribution in [-0.4, -0.2) is 16.6 Å². The molecule has 8 heteroatoms. The van der Waals surface area contributed by atoms with Crippen LogP contribution < -0.4 is 5.73 Å². The molecule has 17 heavy (non-hydrogen) atoms. The minimum atomic E-state index is -4.67. The summed E-state index contributed by atoms with van der Waals surface area (Å²) in [7, 11) is 0. The molecule has 0 radical (unpaired) electrons. The molecule has 94 valence electrons. The number of nitrogens with two attached hydrogens (primary N) is 1. The summed E-state index contributed by atoms with van der Waals surface area (Å²) in [5.74, 6) is 0. The SMILES string of the molecule is NC[C@H](O)c1ccc(C(F)(F)F)cc1[N+](=O)[O-]. The van der Waals surface area contributed by atoms with Gasteiger partial charge in [-0.15, -0.1) is 0 Å². The van der Waals surface area contributed by atoms with Crippen LogP contribution in [0.5, 0.6) is 0 Å². The summed E-state index contributed by atoms with van der Waals surface area (Å²) >= 11 is 0. The second-order valence-electron chi connectivity index (χ2n) is 3.28.